The van der Waals surface area contributed by atoms with Crippen LogP contribution < -0.4 is 0 Å². The summed E-state index contributed by atoms with van der Waals surface area (Å²) in [7, 11) is 0. The summed E-state index contributed by atoms with van der Waals surface area (Å²) in [6.07, 6.45) is 0. The van der Waals surface area contributed by atoms with Crippen molar-refractivity contribution in [2.45, 2.75) is 13.8 Å². The fourth-order valence-corrected chi connectivity index (χ4v) is 1.31. The third kappa shape index (κ3) is 1.45. The third-order valence-corrected chi connectivity index (χ3v) is 2.00. The van der Waals surface area contributed by atoms with E-state index in [1.54, 1.807) is 0 Å². The van der Waals surface area contributed by atoms with Gasteiger partial charge in [0, 0.05) is 5.56 Å². The number of hydrogen-bond acceptors (Lipinski definition) is 2. The van der Waals surface area contributed by atoms with E-state index in [0.29, 0.717) is 0 Å². The van der Waals surface area contributed by atoms with Crippen molar-refractivity contribution in [3.63, 3.8) is 0 Å². The van der Waals surface area contributed by atoms with Crippen molar-refractivity contribution in [1.29, 1.82) is 0 Å². The third-order valence-electron chi connectivity index (χ3n) is 2.00. The molecule has 0 spiro atoms. The molecule has 1 aromatic carbocycles. The SMILES string of the molecule is Cc1nnc(-c2ccccc2C)[nH]1. The number of H-pyrrole nitrogens is 1. The van der Waals surface area contributed by atoms with Gasteiger partial charge in [-0.2, -0.15) is 0 Å². The maximum Gasteiger partial charge on any atom is 0.161 e. The van der Waals surface area contributed by atoms with E-state index in [1.807, 2.05) is 25.1 Å². The minimum atomic E-state index is 0.843. The van der Waals surface area contributed by atoms with Crippen molar-refractivity contribution in [3.05, 3.63) is 35.7 Å². The molecule has 0 fully saturated rings. The number of aromatic amines is 1. The Morgan fingerprint density at radius 3 is 2.46 bits per heavy atom. The fourth-order valence-electron chi connectivity index (χ4n) is 1.31. The van der Waals surface area contributed by atoms with Crippen LogP contribution in [0.15, 0.2) is 24.3 Å². The lowest BCUT2D eigenvalue weighted by atomic mass is 10.1. The molecule has 0 atom stereocenters. The predicted molar refractivity (Wildman–Crippen MR) is 51.3 cm³/mol. The molecule has 3 nitrogen and oxygen atoms in total. The number of benzene rings is 1. The maximum absolute atomic E-state index is 4.04. The van der Waals surface area contributed by atoms with Crippen LogP contribution in [0.1, 0.15) is 11.4 Å². The molecular formula is C10H11N3. The monoisotopic (exact) mass is 173 g/mol. The molecule has 1 heterocycles. The number of nitrogens with one attached hydrogen (secondary N) is 1. The van der Waals surface area contributed by atoms with Gasteiger partial charge < -0.3 is 4.98 Å². The zero-order valence-corrected chi connectivity index (χ0v) is 7.70. The second-order valence-corrected chi connectivity index (χ2v) is 3.07. The summed E-state index contributed by atoms with van der Waals surface area (Å²) in [6, 6.07) is 8.12. The van der Waals surface area contributed by atoms with Gasteiger partial charge in [0.1, 0.15) is 5.82 Å². The van der Waals surface area contributed by atoms with Crippen LogP contribution in [0.5, 0.6) is 0 Å². The normalized spacial score (nSPS) is 10.3. The second kappa shape index (κ2) is 3.01. The zero-order valence-electron chi connectivity index (χ0n) is 7.70. The topological polar surface area (TPSA) is 41.6 Å². The van der Waals surface area contributed by atoms with Crippen LogP contribution in [-0.4, -0.2) is 15.2 Å². The first-order valence-corrected chi connectivity index (χ1v) is 4.22. The summed E-state index contributed by atoms with van der Waals surface area (Å²) in [5.74, 6) is 1.69. The van der Waals surface area contributed by atoms with E-state index < -0.39 is 0 Å². The zero-order chi connectivity index (χ0) is 9.26. The van der Waals surface area contributed by atoms with Crippen LogP contribution in [0, 0.1) is 13.8 Å². The van der Waals surface area contributed by atoms with Crippen LogP contribution in [0.4, 0.5) is 0 Å². The highest BCUT2D eigenvalue weighted by Gasteiger charge is 2.04. The molecule has 0 saturated heterocycles. The molecule has 0 radical (unpaired) electrons. The lowest BCUT2D eigenvalue weighted by Gasteiger charge is -1.99. The van der Waals surface area contributed by atoms with Crippen LogP contribution in [0.2, 0.25) is 0 Å². The molecule has 66 valence electrons. The highest BCUT2D eigenvalue weighted by atomic mass is 15.2. The second-order valence-electron chi connectivity index (χ2n) is 3.07. The summed E-state index contributed by atoms with van der Waals surface area (Å²) < 4.78 is 0. The molecule has 2 aromatic rings. The van der Waals surface area contributed by atoms with E-state index in [1.165, 1.54) is 5.56 Å². The number of rotatable bonds is 1. The molecule has 0 aliphatic heterocycles. The average molecular weight is 173 g/mol. The Morgan fingerprint density at radius 2 is 1.85 bits per heavy atom. The molecule has 0 saturated carbocycles. The van der Waals surface area contributed by atoms with E-state index >= 15 is 0 Å². The molecule has 0 bridgehead atoms. The van der Waals surface area contributed by atoms with Crippen molar-refractivity contribution >= 4 is 0 Å². The van der Waals surface area contributed by atoms with Gasteiger partial charge in [-0.15, -0.1) is 10.2 Å². The van der Waals surface area contributed by atoms with Crippen molar-refractivity contribution in [2.24, 2.45) is 0 Å². The fraction of sp³-hybridized carbons (Fsp3) is 0.200. The lowest BCUT2D eigenvalue weighted by Crippen LogP contribution is -1.84. The van der Waals surface area contributed by atoms with Crippen molar-refractivity contribution < 1.29 is 0 Å². The first-order chi connectivity index (χ1) is 6.27. The Labute approximate surface area is 76.8 Å². The van der Waals surface area contributed by atoms with E-state index in [-0.39, 0.29) is 0 Å². The lowest BCUT2D eigenvalue weighted by molar-refractivity contribution is 1.04. The Morgan fingerprint density at radius 1 is 1.08 bits per heavy atom. The largest absolute Gasteiger partial charge is 0.325 e. The van der Waals surface area contributed by atoms with Gasteiger partial charge in [-0.1, -0.05) is 24.3 Å². The van der Waals surface area contributed by atoms with Gasteiger partial charge in [0.15, 0.2) is 5.82 Å². The Bertz CT molecular complexity index is 418. The standard InChI is InChI=1S/C10H11N3/c1-7-5-3-4-6-9(7)10-11-8(2)12-13-10/h3-6H,1-2H3,(H,11,12,13). The van der Waals surface area contributed by atoms with Crippen LogP contribution in [0.25, 0.3) is 11.4 Å². The van der Waals surface area contributed by atoms with E-state index in [9.17, 15) is 0 Å². The van der Waals surface area contributed by atoms with Gasteiger partial charge in [0.05, 0.1) is 0 Å². The molecule has 0 aliphatic carbocycles. The maximum atomic E-state index is 4.04. The van der Waals surface area contributed by atoms with E-state index in [4.69, 9.17) is 0 Å². The van der Waals surface area contributed by atoms with Crippen LogP contribution >= 0.6 is 0 Å². The Hall–Kier alpha value is -1.64. The minimum absolute atomic E-state index is 0.843. The van der Waals surface area contributed by atoms with Gasteiger partial charge in [0.25, 0.3) is 0 Å². The smallest absolute Gasteiger partial charge is 0.161 e. The van der Waals surface area contributed by atoms with Gasteiger partial charge in [-0.25, -0.2) is 0 Å². The minimum Gasteiger partial charge on any atom is -0.325 e. The quantitative estimate of drug-likeness (QED) is 0.717. The number of hydrogen-bond donors (Lipinski definition) is 1. The Balaban J connectivity index is 2.52. The van der Waals surface area contributed by atoms with Crippen LogP contribution in [0.3, 0.4) is 0 Å². The van der Waals surface area contributed by atoms with Crippen molar-refractivity contribution in [2.75, 3.05) is 0 Å². The summed E-state index contributed by atoms with van der Waals surface area (Å²) in [6.45, 7) is 3.96. The number of aromatic nitrogens is 3. The summed E-state index contributed by atoms with van der Waals surface area (Å²) in [5.41, 5.74) is 2.32. The molecule has 0 unspecified atom stereocenters. The highest BCUT2D eigenvalue weighted by molar-refractivity contribution is 5.59. The highest BCUT2D eigenvalue weighted by Crippen LogP contribution is 2.18. The molecule has 13 heavy (non-hydrogen) atoms. The molecule has 3 heteroatoms. The van der Waals surface area contributed by atoms with E-state index in [2.05, 4.69) is 28.2 Å². The molecule has 0 aliphatic rings. The molecule has 2 rings (SSSR count). The summed E-state index contributed by atoms with van der Waals surface area (Å²) in [4.78, 5) is 3.11. The summed E-state index contributed by atoms with van der Waals surface area (Å²) in [5, 5.41) is 7.97. The van der Waals surface area contributed by atoms with Gasteiger partial charge >= 0.3 is 0 Å². The molecular weight excluding hydrogens is 162 g/mol. The molecule has 1 aromatic heterocycles. The van der Waals surface area contributed by atoms with Gasteiger partial charge in [-0.05, 0) is 19.4 Å². The van der Waals surface area contributed by atoms with Gasteiger partial charge in [0.2, 0.25) is 0 Å². The average Bonchev–Trinajstić information content (AvgIpc) is 2.53. The van der Waals surface area contributed by atoms with Crippen LogP contribution in [-0.2, 0) is 0 Å². The van der Waals surface area contributed by atoms with Crippen molar-refractivity contribution in [1.82, 2.24) is 15.2 Å². The molecule has 1 N–H and O–H groups in total. The Kier molecular flexibility index (Phi) is 1.85. The number of aryl methyl sites for hydroxylation is 2. The summed E-state index contributed by atoms with van der Waals surface area (Å²) >= 11 is 0. The first kappa shape index (κ1) is 7.98. The van der Waals surface area contributed by atoms with E-state index in [0.717, 1.165) is 17.2 Å². The molecule has 0 amide bonds. The van der Waals surface area contributed by atoms with Crippen molar-refractivity contribution in [3.8, 4) is 11.4 Å². The predicted octanol–water partition coefficient (Wildman–Crippen LogP) is 2.09. The number of nitrogens with zero attached hydrogens (tertiary/aromatic N) is 2. The first-order valence-electron chi connectivity index (χ1n) is 4.22. The van der Waals surface area contributed by atoms with Gasteiger partial charge in [-0.3, -0.25) is 0 Å².